The average Bonchev–Trinajstić information content (AvgIpc) is 2.40. The molecule has 1 amide bonds. The van der Waals surface area contributed by atoms with Gasteiger partial charge in [-0.2, -0.15) is 0 Å². The zero-order valence-electron chi connectivity index (χ0n) is 13.1. The molecule has 122 valence electrons. The lowest BCUT2D eigenvalue weighted by molar-refractivity contribution is 0.0186. The minimum Gasteiger partial charge on any atom is -0.444 e. The van der Waals surface area contributed by atoms with Crippen molar-refractivity contribution in [3.05, 3.63) is 35.4 Å². The van der Waals surface area contributed by atoms with E-state index in [4.69, 9.17) is 10.5 Å². The molecule has 0 radical (unpaired) electrons. The molecular weight excluding hydrogens is 290 g/mol. The Morgan fingerprint density at radius 3 is 2.55 bits per heavy atom. The number of amides is 1. The number of carbonyl (C=O) groups excluding carboxylic acids is 1. The van der Waals surface area contributed by atoms with Crippen molar-refractivity contribution in [3.8, 4) is 0 Å². The van der Waals surface area contributed by atoms with E-state index in [-0.39, 0.29) is 12.0 Å². The Morgan fingerprint density at radius 2 is 2.00 bits per heavy atom. The van der Waals surface area contributed by atoms with Crippen LogP contribution in [0.1, 0.15) is 38.7 Å². The van der Waals surface area contributed by atoms with Crippen molar-refractivity contribution in [2.24, 2.45) is 5.73 Å². The van der Waals surface area contributed by atoms with Crippen molar-refractivity contribution >= 4 is 6.09 Å². The van der Waals surface area contributed by atoms with E-state index < -0.39 is 23.3 Å². The Balaban J connectivity index is 2.03. The second-order valence-corrected chi connectivity index (χ2v) is 6.66. The van der Waals surface area contributed by atoms with Gasteiger partial charge in [0.15, 0.2) is 11.6 Å². The zero-order chi connectivity index (χ0) is 16.5. The minimum atomic E-state index is -0.876. The van der Waals surface area contributed by atoms with Crippen LogP contribution in [-0.4, -0.2) is 35.7 Å². The van der Waals surface area contributed by atoms with E-state index >= 15 is 0 Å². The molecule has 6 heteroatoms. The second-order valence-electron chi connectivity index (χ2n) is 6.66. The Morgan fingerprint density at radius 1 is 1.32 bits per heavy atom. The smallest absolute Gasteiger partial charge is 0.410 e. The van der Waals surface area contributed by atoms with E-state index in [1.165, 1.54) is 6.07 Å². The third-order valence-corrected chi connectivity index (χ3v) is 3.68. The molecule has 2 N–H and O–H groups in total. The lowest BCUT2D eigenvalue weighted by Gasteiger charge is -2.37. The average molecular weight is 312 g/mol. The molecule has 0 spiro atoms. The van der Waals surface area contributed by atoms with Crippen LogP contribution in [0.25, 0.3) is 0 Å². The van der Waals surface area contributed by atoms with Gasteiger partial charge in [-0.25, -0.2) is 13.6 Å². The van der Waals surface area contributed by atoms with Gasteiger partial charge in [-0.1, -0.05) is 6.07 Å². The molecule has 1 saturated heterocycles. The molecule has 2 atom stereocenters. The van der Waals surface area contributed by atoms with Crippen molar-refractivity contribution in [2.75, 3.05) is 13.1 Å². The molecule has 1 aliphatic heterocycles. The number of rotatable bonds is 1. The van der Waals surface area contributed by atoms with E-state index in [9.17, 15) is 13.6 Å². The first-order valence-corrected chi connectivity index (χ1v) is 7.36. The van der Waals surface area contributed by atoms with E-state index in [0.717, 1.165) is 6.07 Å². The highest BCUT2D eigenvalue weighted by atomic mass is 19.2. The maximum absolute atomic E-state index is 13.4. The maximum Gasteiger partial charge on any atom is 0.410 e. The van der Waals surface area contributed by atoms with Crippen LogP contribution in [0.5, 0.6) is 0 Å². The topological polar surface area (TPSA) is 55.6 Å². The quantitative estimate of drug-likeness (QED) is 0.867. The summed E-state index contributed by atoms with van der Waals surface area (Å²) in [6, 6.07) is 3.50. The summed E-state index contributed by atoms with van der Waals surface area (Å²) in [4.78, 5) is 13.6. The first-order chi connectivity index (χ1) is 10.2. The minimum absolute atomic E-state index is 0.103. The van der Waals surface area contributed by atoms with Gasteiger partial charge >= 0.3 is 6.09 Å². The third kappa shape index (κ3) is 3.94. The molecule has 1 aromatic carbocycles. The van der Waals surface area contributed by atoms with Crippen molar-refractivity contribution < 1.29 is 18.3 Å². The Labute approximate surface area is 129 Å². The maximum atomic E-state index is 13.4. The zero-order valence-corrected chi connectivity index (χ0v) is 13.1. The van der Waals surface area contributed by atoms with Gasteiger partial charge in [0.1, 0.15) is 5.60 Å². The predicted octanol–water partition coefficient (Wildman–Crippen LogP) is 3.02. The van der Waals surface area contributed by atoms with Gasteiger partial charge in [-0.15, -0.1) is 0 Å². The van der Waals surface area contributed by atoms with E-state index in [1.54, 1.807) is 31.7 Å². The lowest BCUT2D eigenvalue weighted by Crippen LogP contribution is -2.50. The van der Waals surface area contributed by atoms with Gasteiger partial charge in [0, 0.05) is 25.0 Å². The van der Waals surface area contributed by atoms with E-state index in [2.05, 4.69) is 0 Å². The van der Waals surface area contributed by atoms with E-state index in [0.29, 0.717) is 25.1 Å². The summed E-state index contributed by atoms with van der Waals surface area (Å²) in [5.74, 6) is -1.85. The number of nitrogens with zero attached hydrogens (tertiary/aromatic N) is 1. The van der Waals surface area contributed by atoms with Gasteiger partial charge in [0.05, 0.1) is 0 Å². The van der Waals surface area contributed by atoms with Gasteiger partial charge in [0.25, 0.3) is 0 Å². The van der Waals surface area contributed by atoms with Crippen molar-refractivity contribution in [3.63, 3.8) is 0 Å². The predicted molar refractivity (Wildman–Crippen MR) is 79.5 cm³/mol. The molecule has 1 fully saturated rings. The Bertz CT molecular complexity index is 558. The van der Waals surface area contributed by atoms with Crippen LogP contribution >= 0.6 is 0 Å². The SMILES string of the molecule is CC(C)(C)OC(=O)N1CCC(c2ccc(F)c(F)c2)[C@@H](N)C1. The molecule has 4 nitrogen and oxygen atoms in total. The monoisotopic (exact) mass is 312 g/mol. The standard InChI is InChI=1S/C16H22F2N2O2/c1-16(2,3)22-15(21)20-7-6-11(14(19)9-20)10-4-5-12(17)13(18)8-10/h4-5,8,11,14H,6-7,9,19H2,1-3H3/t11?,14-/m0/s1. The summed E-state index contributed by atoms with van der Waals surface area (Å²) in [5.41, 5.74) is 6.23. The highest BCUT2D eigenvalue weighted by molar-refractivity contribution is 5.68. The van der Waals surface area contributed by atoms with Crippen LogP contribution in [-0.2, 0) is 4.74 Å². The Kier molecular flexibility index (Phi) is 4.70. The number of hydrogen-bond donors (Lipinski definition) is 1. The highest BCUT2D eigenvalue weighted by Gasteiger charge is 2.32. The molecule has 1 aliphatic rings. The van der Waals surface area contributed by atoms with Gasteiger partial charge in [-0.05, 0) is 44.9 Å². The van der Waals surface area contributed by atoms with Crippen LogP contribution < -0.4 is 5.73 Å². The molecule has 1 unspecified atom stereocenters. The number of piperidine rings is 1. The van der Waals surface area contributed by atoms with Crippen molar-refractivity contribution in [2.45, 2.75) is 44.8 Å². The van der Waals surface area contributed by atoms with Crippen LogP contribution in [0.3, 0.4) is 0 Å². The molecule has 0 saturated carbocycles. The normalized spacial score (nSPS) is 22.5. The first-order valence-electron chi connectivity index (χ1n) is 7.36. The molecule has 1 aromatic rings. The molecule has 0 bridgehead atoms. The molecule has 1 heterocycles. The van der Waals surface area contributed by atoms with Crippen LogP contribution in [0, 0.1) is 11.6 Å². The summed E-state index contributed by atoms with van der Waals surface area (Å²) in [6.45, 7) is 6.22. The van der Waals surface area contributed by atoms with E-state index in [1.807, 2.05) is 0 Å². The Hall–Kier alpha value is -1.69. The van der Waals surface area contributed by atoms with Gasteiger partial charge in [-0.3, -0.25) is 0 Å². The lowest BCUT2D eigenvalue weighted by atomic mass is 9.86. The molecule has 22 heavy (non-hydrogen) atoms. The number of carbonyl (C=O) groups is 1. The van der Waals surface area contributed by atoms with Gasteiger partial charge < -0.3 is 15.4 Å². The fraction of sp³-hybridized carbons (Fsp3) is 0.562. The number of halogens is 2. The third-order valence-electron chi connectivity index (χ3n) is 3.68. The largest absolute Gasteiger partial charge is 0.444 e. The summed E-state index contributed by atoms with van der Waals surface area (Å²) in [6.07, 6.45) is 0.192. The van der Waals surface area contributed by atoms with Crippen LogP contribution in [0.15, 0.2) is 18.2 Å². The molecule has 0 aliphatic carbocycles. The fourth-order valence-corrected chi connectivity index (χ4v) is 2.63. The molecule has 0 aromatic heterocycles. The summed E-state index contributed by atoms with van der Waals surface area (Å²) < 4.78 is 31.7. The number of likely N-dealkylation sites (tertiary alicyclic amines) is 1. The summed E-state index contributed by atoms with van der Waals surface area (Å²) in [5, 5.41) is 0. The highest BCUT2D eigenvalue weighted by Crippen LogP contribution is 2.29. The molecule has 2 rings (SSSR count). The van der Waals surface area contributed by atoms with Crippen molar-refractivity contribution in [1.29, 1.82) is 0 Å². The van der Waals surface area contributed by atoms with Crippen LogP contribution in [0.4, 0.5) is 13.6 Å². The number of hydrogen-bond acceptors (Lipinski definition) is 3. The fourth-order valence-electron chi connectivity index (χ4n) is 2.63. The summed E-state index contributed by atoms with van der Waals surface area (Å²) in [7, 11) is 0. The molecular formula is C16H22F2N2O2. The van der Waals surface area contributed by atoms with Gasteiger partial charge in [0.2, 0.25) is 0 Å². The number of nitrogens with two attached hydrogens (primary N) is 1. The van der Waals surface area contributed by atoms with Crippen molar-refractivity contribution in [1.82, 2.24) is 4.90 Å². The van der Waals surface area contributed by atoms with Crippen LogP contribution in [0.2, 0.25) is 0 Å². The number of benzene rings is 1. The number of ether oxygens (including phenoxy) is 1. The first kappa shape index (κ1) is 16.7. The second kappa shape index (κ2) is 6.20. The summed E-state index contributed by atoms with van der Waals surface area (Å²) >= 11 is 0.